The minimum absolute atomic E-state index is 0.403. The number of nitrogens with one attached hydrogen (secondary N) is 1. The smallest absolute Gasteiger partial charge is 0.248 e. The maximum absolute atomic E-state index is 11.0. The van der Waals surface area contributed by atoms with Crippen LogP contribution in [0.25, 0.3) is 0 Å². The van der Waals surface area contributed by atoms with E-state index in [1.807, 2.05) is 12.1 Å². The molecule has 0 bridgehead atoms. The number of thioether (sulfide) groups is 1. The third kappa shape index (κ3) is 4.21. The van der Waals surface area contributed by atoms with E-state index in [2.05, 4.69) is 22.4 Å². The second-order valence-corrected chi connectivity index (χ2v) is 6.35. The summed E-state index contributed by atoms with van der Waals surface area (Å²) < 4.78 is 0.933. The molecule has 0 unspecified atom stereocenters. The first-order chi connectivity index (χ1) is 9.69. The van der Waals surface area contributed by atoms with Crippen molar-refractivity contribution in [1.82, 2.24) is 10.2 Å². The third-order valence-corrected chi connectivity index (χ3v) is 4.62. The van der Waals surface area contributed by atoms with Crippen molar-refractivity contribution in [2.45, 2.75) is 23.4 Å². The lowest BCUT2D eigenvalue weighted by atomic mass is 10.1. The zero-order chi connectivity index (χ0) is 14.4. The van der Waals surface area contributed by atoms with Crippen LogP contribution in [-0.2, 0) is 5.75 Å². The van der Waals surface area contributed by atoms with E-state index in [1.54, 1.807) is 35.2 Å². The average molecular weight is 308 g/mol. The Bertz CT molecular complexity index is 568. The quantitative estimate of drug-likeness (QED) is 0.769. The molecular formula is C13H16N4OS2. The van der Waals surface area contributed by atoms with Gasteiger partial charge in [-0.2, -0.15) is 0 Å². The van der Waals surface area contributed by atoms with Gasteiger partial charge >= 0.3 is 0 Å². The maximum atomic E-state index is 11.0. The molecule has 0 atom stereocenters. The standard InChI is InChI=1S/C13H16N4OS2/c1-2-7-15-12-16-17-13(20-12)19-8-9-3-5-10(6-4-9)11(14)18/h3-6H,2,7-8H2,1H3,(H2,14,18)(H,15,16). The number of carbonyl (C=O) groups is 1. The Morgan fingerprint density at radius 1 is 1.35 bits per heavy atom. The lowest BCUT2D eigenvalue weighted by Crippen LogP contribution is -2.10. The molecule has 0 fully saturated rings. The van der Waals surface area contributed by atoms with Crippen LogP contribution in [0.2, 0.25) is 0 Å². The highest BCUT2D eigenvalue weighted by Crippen LogP contribution is 2.28. The Morgan fingerprint density at radius 2 is 2.10 bits per heavy atom. The van der Waals surface area contributed by atoms with Crippen molar-refractivity contribution in [2.75, 3.05) is 11.9 Å². The molecule has 5 nitrogen and oxygen atoms in total. The van der Waals surface area contributed by atoms with Crippen molar-refractivity contribution >= 4 is 34.1 Å². The van der Waals surface area contributed by atoms with Gasteiger partial charge in [0.05, 0.1) is 0 Å². The number of nitrogens with two attached hydrogens (primary N) is 1. The predicted octanol–water partition coefficient (Wildman–Crippen LogP) is 2.75. The number of hydrogen-bond donors (Lipinski definition) is 2. The van der Waals surface area contributed by atoms with Crippen LogP contribution in [0.1, 0.15) is 29.3 Å². The van der Waals surface area contributed by atoms with Crippen molar-refractivity contribution < 1.29 is 4.79 Å². The Kier molecular flexibility index (Phi) is 5.37. The Morgan fingerprint density at radius 3 is 2.75 bits per heavy atom. The molecule has 0 radical (unpaired) electrons. The van der Waals surface area contributed by atoms with Crippen molar-refractivity contribution in [1.29, 1.82) is 0 Å². The highest BCUT2D eigenvalue weighted by molar-refractivity contribution is 8.00. The van der Waals surface area contributed by atoms with Gasteiger partial charge in [-0.25, -0.2) is 0 Å². The molecule has 0 aliphatic rings. The summed E-state index contributed by atoms with van der Waals surface area (Å²) in [6, 6.07) is 7.30. The van der Waals surface area contributed by atoms with Crippen LogP contribution < -0.4 is 11.1 Å². The van der Waals surface area contributed by atoms with E-state index >= 15 is 0 Å². The Hall–Kier alpha value is -1.60. The van der Waals surface area contributed by atoms with Gasteiger partial charge in [0.25, 0.3) is 0 Å². The second-order valence-electron chi connectivity index (χ2n) is 4.15. The normalized spacial score (nSPS) is 10.4. The lowest BCUT2D eigenvalue weighted by Gasteiger charge is -2.00. The summed E-state index contributed by atoms with van der Waals surface area (Å²) in [5.74, 6) is 0.390. The molecule has 0 aliphatic heterocycles. The second kappa shape index (κ2) is 7.25. The molecule has 0 spiro atoms. The first-order valence-corrected chi connectivity index (χ1v) is 8.08. The van der Waals surface area contributed by atoms with E-state index < -0.39 is 5.91 Å². The van der Waals surface area contributed by atoms with Gasteiger partial charge in [0.2, 0.25) is 11.0 Å². The summed E-state index contributed by atoms with van der Waals surface area (Å²) in [5, 5.41) is 12.3. The third-order valence-electron chi connectivity index (χ3n) is 2.53. The van der Waals surface area contributed by atoms with Crippen LogP contribution in [0.15, 0.2) is 28.6 Å². The molecule has 2 aromatic rings. The summed E-state index contributed by atoms with van der Waals surface area (Å²) >= 11 is 3.19. The van der Waals surface area contributed by atoms with Gasteiger partial charge in [0.15, 0.2) is 4.34 Å². The zero-order valence-electron chi connectivity index (χ0n) is 11.1. The number of rotatable bonds is 7. The van der Waals surface area contributed by atoms with Gasteiger partial charge in [0, 0.05) is 17.9 Å². The van der Waals surface area contributed by atoms with Crippen LogP contribution in [0.4, 0.5) is 5.13 Å². The van der Waals surface area contributed by atoms with Crippen LogP contribution in [0.5, 0.6) is 0 Å². The van der Waals surface area contributed by atoms with Crippen LogP contribution in [0, 0.1) is 0 Å². The number of amides is 1. The van der Waals surface area contributed by atoms with E-state index in [0.29, 0.717) is 5.56 Å². The summed E-state index contributed by atoms with van der Waals surface area (Å²) in [6.07, 6.45) is 1.06. The average Bonchev–Trinajstić information content (AvgIpc) is 2.91. The molecule has 7 heteroatoms. The minimum atomic E-state index is -0.403. The summed E-state index contributed by atoms with van der Waals surface area (Å²) in [4.78, 5) is 11.0. The first-order valence-electron chi connectivity index (χ1n) is 6.28. The Balaban J connectivity index is 1.88. The lowest BCUT2D eigenvalue weighted by molar-refractivity contribution is 0.100. The van der Waals surface area contributed by atoms with Gasteiger partial charge in [-0.3, -0.25) is 4.79 Å². The maximum Gasteiger partial charge on any atom is 0.248 e. The molecule has 1 aromatic carbocycles. The number of primary amides is 1. The van der Waals surface area contributed by atoms with Crippen molar-refractivity contribution in [3.8, 4) is 0 Å². The van der Waals surface area contributed by atoms with Crippen LogP contribution in [-0.4, -0.2) is 22.6 Å². The van der Waals surface area contributed by atoms with Gasteiger partial charge < -0.3 is 11.1 Å². The van der Waals surface area contributed by atoms with E-state index in [1.165, 1.54) is 0 Å². The fourth-order valence-corrected chi connectivity index (χ4v) is 3.22. The highest BCUT2D eigenvalue weighted by atomic mass is 32.2. The molecule has 0 saturated carbocycles. The molecule has 2 rings (SSSR count). The fraction of sp³-hybridized carbons (Fsp3) is 0.308. The van der Waals surface area contributed by atoms with E-state index in [4.69, 9.17) is 5.73 Å². The molecule has 1 amide bonds. The number of anilines is 1. The van der Waals surface area contributed by atoms with Gasteiger partial charge in [-0.1, -0.05) is 42.2 Å². The topological polar surface area (TPSA) is 80.9 Å². The van der Waals surface area contributed by atoms with Crippen LogP contribution in [0.3, 0.4) is 0 Å². The van der Waals surface area contributed by atoms with Gasteiger partial charge in [0.1, 0.15) is 0 Å². The highest BCUT2D eigenvalue weighted by Gasteiger charge is 2.05. The molecule has 3 N–H and O–H groups in total. The van der Waals surface area contributed by atoms with E-state index in [-0.39, 0.29) is 0 Å². The van der Waals surface area contributed by atoms with Crippen molar-refractivity contribution in [2.24, 2.45) is 5.73 Å². The largest absolute Gasteiger partial charge is 0.366 e. The number of benzene rings is 1. The predicted molar refractivity (Wildman–Crippen MR) is 83.2 cm³/mol. The zero-order valence-corrected chi connectivity index (χ0v) is 12.8. The molecule has 1 aromatic heterocycles. The van der Waals surface area contributed by atoms with Gasteiger partial charge in [-0.15, -0.1) is 10.2 Å². The van der Waals surface area contributed by atoms with Crippen LogP contribution >= 0.6 is 23.1 Å². The first kappa shape index (κ1) is 14.8. The SMILES string of the molecule is CCCNc1nnc(SCc2ccc(C(N)=O)cc2)s1. The molecule has 1 heterocycles. The molecule has 20 heavy (non-hydrogen) atoms. The molecule has 0 saturated heterocycles. The van der Waals surface area contributed by atoms with Crippen molar-refractivity contribution in [3.63, 3.8) is 0 Å². The number of hydrogen-bond acceptors (Lipinski definition) is 6. The molecular weight excluding hydrogens is 292 g/mol. The minimum Gasteiger partial charge on any atom is -0.366 e. The number of nitrogens with zero attached hydrogens (tertiary/aromatic N) is 2. The summed E-state index contributed by atoms with van der Waals surface area (Å²) in [7, 11) is 0. The molecule has 106 valence electrons. The van der Waals surface area contributed by atoms with E-state index in [9.17, 15) is 4.79 Å². The molecule has 0 aliphatic carbocycles. The van der Waals surface area contributed by atoms with Crippen molar-refractivity contribution in [3.05, 3.63) is 35.4 Å². The number of aromatic nitrogens is 2. The monoisotopic (exact) mass is 308 g/mol. The fourth-order valence-electron chi connectivity index (χ4n) is 1.48. The Labute approximate surface area is 126 Å². The number of carbonyl (C=O) groups excluding carboxylic acids is 1. The summed E-state index contributed by atoms with van der Waals surface area (Å²) in [5.41, 5.74) is 6.86. The summed E-state index contributed by atoms with van der Waals surface area (Å²) in [6.45, 7) is 3.02. The van der Waals surface area contributed by atoms with Gasteiger partial charge in [-0.05, 0) is 24.1 Å². The van der Waals surface area contributed by atoms with E-state index in [0.717, 1.165) is 33.8 Å².